The summed E-state index contributed by atoms with van der Waals surface area (Å²) < 4.78 is 10.6. The van der Waals surface area contributed by atoms with Crippen LogP contribution in [0, 0.1) is 0 Å². The number of aromatic nitrogens is 2. The number of oxazole rings is 1. The van der Waals surface area contributed by atoms with Crippen LogP contribution < -0.4 is 5.32 Å². The topological polar surface area (TPSA) is 83.4 Å². The molecular weight excluding hydrogens is 440 g/mol. The fraction of sp³-hybridized carbons (Fsp3) is 0.280. The number of halogens is 1. The molecule has 33 heavy (non-hydrogen) atoms. The van der Waals surface area contributed by atoms with Gasteiger partial charge in [-0.3, -0.25) is 9.69 Å². The van der Waals surface area contributed by atoms with Crippen molar-refractivity contribution in [1.82, 2.24) is 20.2 Å². The normalized spacial score (nSPS) is 11.4. The van der Waals surface area contributed by atoms with E-state index in [0.717, 1.165) is 29.1 Å². The number of benzene rings is 2. The number of amides is 1. The van der Waals surface area contributed by atoms with Gasteiger partial charge in [0, 0.05) is 48.9 Å². The Balaban J connectivity index is 1.47. The molecule has 0 aliphatic heterocycles. The molecule has 172 valence electrons. The molecule has 1 amide bonds. The molecule has 2 aromatic carbocycles. The number of nitrogens with one attached hydrogen (secondary N) is 2. The lowest BCUT2D eigenvalue weighted by Gasteiger charge is -2.21. The maximum Gasteiger partial charge on any atom is 0.273 e. The van der Waals surface area contributed by atoms with Crippen LogP contribution in [0.4, 0.5) is 0 Å². The van der Waals surface area contributed by atoms with E-state index in [0.29, 0.717) is 32.1 Å². The Kier molecular flexibility index (Phi) is 7.78. The summed E-state index contributed by atoms with van der Waals surface area (Å²) >= 11 is 6.42. The summed E-state index contributed by atoms with van der Waals surface area (Å²) in [6.45, 7) is 2.72. The highest BCUT2D eigenvalue weighted by Gasteiger charge is 2.16. The second kappa shape index (κ2) is 11.1. The fourth-order valence-electron chi connectivity index (χ4n) is 3.73. The van der Waals surface area contributed by atoms with E-state index in [4.69, 9.17) is 20.8 Å². The number of hydrogen-bond donors (Lipinski definition) is 2. The van der Waals surface area contributed by atoms with Crippen molar-refractivity contribution in [2.24, 2.45) is 0 Å². The van der Waals surface area contributed by atoms with Gasteiger partial charge in [-0.05, 0) is 29.7 Å². The van der Waals surface area contributed by atoms with E-state index in [1.807, 2.05) is 36.4 Å². The summed E-state index contributed by atoms with van der Waals surface area (Å²) in [5.74, 6) is 0.205. The second-order valence-electron chi connectivity index (χ2n) is 7.79. The third-order valence-corrected chi connectivity index (χ3v) is 5.83. The van der Waals surface area contributed by atoms with Gasteiger partial charge in [-0.15, -0.1) is 0 Å². The van der Waals surface area contributed by atoms with E-state index in [1.165, 1.54) is 17.2 Å². The zero-order chi connectivity index (χ0) is 23.0. The summed E-state index contributed by atoms with van der Waals surface area (Å²) in [7, 11) is 1.59. The summed E-state index contributed by atoms with van der Waals surface area (Å²) in [4.78, 5) is 22.2. The molecule has 0 fully saturated rings. The smallest absolute Gasteiger partial charge is 0.273 e. The van der Waals surface area contributed by atoms with Crippen LogP contribution in [0.3, 0.4) is 0 Å². The van der Waals surface area contributed by atoms with E-state index >= 15 is 0 Å². The first-order chi connectivity index (χ1) is 16.1. The third kappa shape index (κ3) is 6.01. The molecule has 0 saturated carbocycles. The van der Waals surface area contributed by atoms with Gasteiger partial charge in [0.25, 0.3) is 5.91 Å². The Morgan fingerprint density at radius 1 is 1.15 bits per heavy atom. The number of rotatable bonds is 11. The molecule has 0 radical (unpaired) electrons. The predicted octanol–water partition coefficient (Wildman–Crippen LogP) is 4.43. The van der Waals surface area contributed by atoms with Gasteiger partial charge in [0.05, 0.1) is 13.2 Å². The van der Waals surface area contributed by atoms with Gasteiger partial charge in [0.2, 0.25) is 5.89 Å². The van der Waals surface area contributed by atoms with Crippen molar-refractivity contribution in [2.75, 3.05) is 26.8 Å². The molecule has 0 saturated heterocycles. The van der Waals surface area contributed by atoms with Gasteiger partial charge in [-0.25, -0.2) is 4.98 Å². The molecule has 2 heterocycles. The minimum atomic E-state index is -0.279. The quantitative estimate of drug-likeness (QED) is 0.319. The maximum absolute atomic E-state index is 12.2. The van der Waals surface area contributed by atoms with Crippen LogP contribution in [0.25, 0.3) is 10.9 Å². The monoisotopic (exact) mass is 466 g/mol. The van der Waals surface area contributed by atoms with Crippen molar-refractivity contribution in [3.05, 3.63) is 88.7 Å². The van der Waals surface area contributed by atoms with E-state index < -0.39 is 0 Å². The molecule has 2 N–H and O–H groups in total. The van der Waals surface area contributed by atoms with Crippen molar-refractivity contribution < 1.29 is 13.9 Å². The fourth-order valence-corrected chi connectivity index (χ4v) is 3.93. The average molecular weight is 467 g/mol. The van der Waals surface area contributed by atoms with E-state index in [1.54, 1.807) is 7.11 Å². The molecule has 0 aliphatic carbocycles. The maximum atomic E-state index is 12.2. The van der Waals surface area contributed by atoms with E-state index in [2.05, 4.69) is 38.5 Å². The third-order valence-electron chi connectivity index (χ3n) is 5.46. The summed E-state index contributed by atoms with van der Waals surface area (Å²) in [6.07, 6.45) is 4.30. The van der Waals surface area contributed by atoms with Crippen LogP contribution in [0.15, 0.2) is 65.4 Å². The standard InChI is InChI=1S/C25H27ClN4O3/c1-32-13-11-27-25(31)23-17-33-24(29-23)16-30(15-19-6-2-4-8-21(19)26)12-10-18-14-28-22-9-5-3-7-20(18)22/h2-9,14,17,28H,10-13,15-16H2,1H3,(H,27,31). The molecule has 8 heteroatoms. The number of hydrogen-bond acceptors (Lipinski definition) is 5. The van der Waals surface area contributed by atoms with Crippen molar-refractivity contribution >= 4 is 28.4 Å². The number of ether oxygens (including phenoxy) is 1. The van der Waals surface area contributed by atoms with Crippen LogP contribution in [-0.2, 0) is 24.2 Å². The van der Waals surface area contributed by atoms with Gasteiger partial charge in [0.1, 0.15) is 6.26 Å². The van der Waals surface area contributed by atoms with Gasteiger partial charge in [-0.1, -0.05) is 48.0 Å². The Morgan fingerprint density at radius 2 is 1.97 bits per heavy atom. The lowest BCUT2D eigenvalue weighted by molar-refractivity contribution is 0.0932. The highest BCUT2D eigenvalue weighted by molar-refractivity contribution is 6.31. The van der Waals surface area contributed by atoms with Gasteiger partial charge >= 0.3 is 0 Å². The van der Waals surface area contributed by atoms with E-state index in [9.17, 15) is 4.79 Å². The highest BCUT2D eigenvalue weighted by atomic mass is 35.5. The van der Waals surface area contributed by atoms with Crippen LogP contribution in [0.2, 0.25) is 5.02 Å². The molecule has 4 rings (SSSR count). The van der Waals surface area contributed by atoms with Crippen LogP contribution in [0.1, 0.15) is 27.5 Å². The minimum Gasteiger partial charge on any atom is -0.447 e. The lowest BCUT2D eigenvalue weighted by Crippen LogP contribution is -2.28. The number of carbonyl (C=O) groups is 1. The molecular formula is C25H27ClN4O3. The number of para-hydroxylation sites is 1. The largest absolute Gasteiger partial charge is 0.447 e. The molecule has 4 aromatic rings. The molecule has 0 bridgehead atoms. The number of H-pyrrole nitrogens is 1. The highest BCUT2D eigenvalue weighted by Crippen LogP contribution is 2.21. The Labute approximate surface area is 197 Å². The summed E-state index contributed by atoms with van der Waals surface area (Å²) in [6, 6.07) is 16.1. The Bertz CT molecular complexity index is 1200. The molecule has 2 aromatic heterocycles. The number of nitrogens with zero attached hydrogens (tertiary/aromatic N) is 2. The summed E-state index contributed by atoms with van der Waals surface area (Å²) in [5, 5.41) is 4.70. The zero-order valence-corrected chi connectivity index (χ0v) is 19.3. The first-order valence-corrected chi connectivity index (χ1v) is 11.2. The lowest BCUT2D eigenvalue weighted by atomic mass is 10.1. The Morgan fingerprint density at radius 3 is 2.82 bits per heavy atom. The van der Waals surface area contributed by atoms with Crippen molar-refractivity contribution in [3.63, 3.8) is 0 Å². The number of fused-ring (bicyclic) bond motifs is 1. The SMILES string of the molecule is COCCNC(=O)c1coc(CN(CCc2c[nH]c3ccccc23)Cc2ccccc2Cl)n1. The Hall–Kier alpha value is -3.13. The van der Waals surface area contributed by atoms with E-state index in [-0.39, 0.29) is 11.6 Å². The second-order valence-corrected chi connectivity index (χ2v) is 8.19. The average Bonchev–Trinajstić information content (AvgIpc) is 3.46. The molecule has 0 atom stereocenters. The first kappa shape index (κ1) is 23.0. The molecule has 0 aliphatic rings. The van der Waals surface area contributed by atoms with Gasteiger partial charge < -0.3 is 19.5 Å². The minimum absolute atomic E-state index is 0.260. The molecule has 0 unspecified atom stereocenters. The first-order valence-electron chi connectivity index (χ1n) is 10.9. The molecule has 0 spiro atoms. The number of methoxy groups -OCH3 is 1. The van der Waals surface area contributed by atoms with Crippen LogP contribution in [0.5, 0.6) is 0 Å². The predicted molar refractivity (Wildman–Crippen MR) is 128 cm³/mol. The zero-order valence-electron chi connectivity index (χ0n) is 18.5. The van der Waals surface area contributed by atoms with Crippen molar-refractivity contribution in [3.8, 4) is 0 Å². The van der Waals surface area contributed by atoms with Gasteiger partial charge in [-0.2, -0.15) is 0 Å². The molecule has 7 nitrogen and oxygen atoms in total. The van der Waals surface area contributed by atoms with Crippen LogP contribution >= 0.6 is 11.6 Å². The van der Waals surface area contributed by atoms with Crippen LogP contribution in [-0.4, -0.2) is 47.6 Å². The van der Waals surface area contributed by atoms with Crippen molar-refractivity contribution in [1.29, 1.82) is 0 Å². The summed E-state index contributed by atoms with van der Waals surface area (Å²) in [5.41, 5.74) is 3.67. The number of aromatic amines is 1. The van der Waals surface area contributed by atoms with Crippen molar-refractivity contribution in [2.45, 2.75) is 19.5 Å². The number of carbonyl (C=O) groups excluding carboxylic acids is 1. The van der Waals surface area contributed by atoms with Gasteiger partial charge in [0.15, 0.2) is 5.69 Å².